The quantitative estimate of drug-likeness (QED) is 0.890. The lowest BCUT2D eigenvalue weighted by molar-refractivity contribution is 0.296. The summed E-state index contributed by atoms with van der Waals surface area (Å²) in [5.74, 6) is 1.27. The van der Waals surface area contributed by atoms with E-state index in [9.17, 15) is 4.39 Å². The molecule has 0 atom stereocenters. The zero-order valence-corrected chi connectivity index (χ0v) is 13.0. The number of fused-ring (bicyclic) bond motifs is 1. The van der Waals surface area contributed by atoms with Crippen molar-refractivity contribution >= 4 is 21.6 Å². The Labute approximate surface area is 131 Å². The molecular weight excluding hydrogens is 337 g/mol. The Balaban J connectivity index is 1.81. The second-order valence-corrected chi connectivity index (χ2v) is 5.63. The van der Waals surface area contributed by atoms with Crippen molar-refractivity contribution in [2.24, 2.45) is 0 Å². The molecular formula is C16H15BrFNO2. The summed E-state index contributed by atoms with van der Waals surface area (Å²) in [4.78, 5) is 0. The van der Waals surface area contributed by atoms with E-state index in [4.69, 9.17) is 9.47 Å². The highest BCUT2D eigenvalue weighted by Crippen LogP contribution is 2.34. The molecule has 0 amide bonds. The third-order valence-corrected chi connectivity index (χ3v) is 3.94. The van der Waals surface area contributed by atoms with Crippen LogP contribution in [-0.4, -0.2) is 13.2 Å². The van der Waals surface area contributed by atoms with Gasteiger partial charge in [0.15, 0.2) is 11.5 Å². The first-order valence-electron chi connectivity index (χ1n) is 6.80. The van der Waals surface area contributed by atoms with E-state index in [-0.39, 0.29) is 5.82 Å². The van der Waals surface area contributed by atoms with Gasteiger partial charge in [0.05, 0.1) is 18.9 Å². The largest absolute Gasteiger partial charge is 0.490 e. The van der Waals surface area contributed by atoms with Crippen LogP contribution in [-0.2, 0) is 6.54 Å². The maximum absolute atomic E-state index is 13.3. The van der Waals surface area contributed by atoms with Crippen LogP contribution in [0, 0.1) is 5.82 Å². The molecule has 0 aromatic heterocycles. The lowest BCUT2D eigenvalue weighted by atomic mass is 10.1. The predicted molar refractivity (Wildman–Crippen MR) is 83.5 cm³/mol. The topological polar surface area (TPSA) is 30.5 Å². The van der Waals surface area contributed by atoms with Gasteiger partial charge < -0.3 is 14.8 Å². The zero-order valence-electron chi connectivity index (χ0n) is 11.4. The lowest BCUT2D eigenvalue weighted by Crippen LogP contribution is -2.04. The minimum Gasteiger partial charge on any atom is -0.490 e. The highest BCUT2D eigenvalue weighted by molar-refractivity contribution is 9.10. The smallest absolute Gasteiger partial charge is 0.166 e. The summed E-state index contributed by atoms with van der Waals surface area (Å²) in [6.45, 7) is 1.85. The van der Waals surface area contributed by atoms with Crippen LogP contribution in [0.25, 0.3) is 0 Å². The molecule has 0 saturated carbocycles. The SMILES string of the molecule is Fc1ccc(Br)c(NCc2cccc3c2OCCCO3)c1. The average molecular weight is 352 g/mol. The Morgan fingerprint density at radius 1 is 1.14 bits per heavy atom. The van der Waals surface area contributed by atoms with E-state index in [1.165, 1.54) is 12.1 Å². The van der Waals surface area contributed by atoms with Gasteiger partial charge in [-0.3, -0.25) is 0 Å². The van der Waals surface area contributed by atoms with Crippen molar-refractivity contribution in [2.45, 2.75) is 13.0 Å². The van der Waals surface area contributed by atoms with Gasteiger partial charge >= 0.3 is 0 Å². The Morgan fingerprint density at radius 2 is 2.00 bits per heavy atom. The molecule has 1 aliphatic rings. The number of hydrogen-bond acceptors (Lipinski definition) is 3. The van der Waals surface area contributed by atoms with Crippen LogP contribution in [0.3, 0.4) is 0 Å². The fraction of sp³-hybridized carbons (Fsp3) is 0.250. The Hall–Kier alpha value is -1.75. The summed E-state index contributed by atoms with van der Waals surface area (Å²) >= 11 is 3.41. The third kappa shape index (κ3) is 3.29. The molecule has 0 saturated heterocycles. The number of halogens is 2. The van der Waals surface area contributed by atoms with Crippen molar-refractivity contribution in [2.75, 3.05) is 18.5 Å². The lowest BCUT2D eigenvalue weighted by Gasteiger charge is -2.14. The van der Waals surface area contributed by atoms with Crippen LogP contribution in [0.15, 0.2) is 40.9 Å². The highest BCUT2D eigenvalue weighted by Gasteiger charge is 2.14. The number of hydrogen-bond donors (Lipinski definition) is 1. The Morgan fingerprint density at radius 3 is 2.90 bits per heavy atom. The van der Waals surface area contributed by atoms with E-state index in [0.717, 1.165) is 28.0 Å². The van der Waals surface area contributed by atoms with Crippen molar-refractivity contribution in [3.63, 3.8) is 0 Å². The molecule has 2 aromatic carbocycles. The standard InChI is InChI=1S/C16H15BrFNO2/c17-13-6-5-12(18)9-14(13)19-10-11-3-1-4-15-16(11)21-8-2-7-20-15/h1,3-6,9,19H,2,7-8,10H2. The molecule has 110 valence electrons. The molecule has 1 N–H and O–H groups in total. The molecule has 21 heavy (non-hydrogen) atoms. The maximum Gasteiger partial charge on any atom is 0.166 e. The maximum atomic E-state index is 13.3. The minimum atomic E-state index is -0.271. The van der Waals surface area contributed by atoms with E-state index in [2.05, 4.69) is 21.2 Å². The molecule has 0 unspecified atom stereocenters. The molecule has 0 fully saturated rings. The van der Waals surface area contributed by atoms with Gasteiger partial charge in [0.2, 0.25) is 0 Å². The predicted octanol–water partition coefficient (Wildman–Crippen LogP) is 4.36. The van der Waals surface area contributed by atoms with Gasteiger partial charge in [0.1, 0.15) is 5.82 Å². The van der Waals surface area contributed by atoms with Gasteiger partial charge in [-0.25, -0.2) is 4.39 Å². The molecule has 3 nitrogen and oxygen atoms in total. The van der Waals surface area contributed by atoms with Gasteiger partial charge in [-0.15, -0.1) is 0 Å². The van der Waals surface area contributed by atoms with Crippen molar-refractivity contribution in [1.82, 2.24) is 0 Å². The number of anilines is 1. The van der Waals surface area contributed by atoms with Crippen LogP contribution in [0.1, 0.15) is 12.0 Å². The van der Waals surface area contributed by atoms with Crippen molar-refractivity contribution in [3.05, 3.63) is 52.3 Å². The Bertz CT molecular complexity index is 648. The van der Waals surface area contributed by atoms with Crippen LogP contribution >= 0.6 is 15.9 Å². The molecule has 5 heteroatoms. The van der Waals surface area contributed by atoms with Crippen molar-refractivity contribution in [1.29, 1.82) is 0 Å². The zero-order chi connectivity index (χ0) is 14.7. The number of ether oxygens (including phenoxy) is 2. The number of nitrogens with one attached hydrogen (secondary N) is 1. The minimum absolute atomic E-state index is 0.271. The summed E-state index contributed by atoms with van der Waals surface area (Å²) in [5, 5.41) is 3.22. The number of para-hydroxylation sites is 1. The summed E-state index contributed by atoms with van der Waals surface area (Å²) in [5.41, 5.74) is 1.70. The fourth-order valence-corrected chi connectivity index (χ4v) is 2.60. The van der Waals surface area contributed by atoms with Crippen LogP contribution < -0.4 is 14.8 Å². The van der Waals surface area contributed by atoms with E-state index in [1.54, 1.807) is 6.07 Å². The van der Waals surface area contributed by atoms with Crippen molar-refractivity contribution < 1.29 is 13.9 Å². The van der Waals surface area contributed by atoms with Gasteiger partial charge in [-0.05, 0) is 40.2 Å². The second kappa shape index (κ2) is 6.35. The number of rotatable bonds is 3. The molecule has 0 spiro atoms. The molecule has 0 bridgehead atoms. The molecule has 0 radical (unpaired) electrons. The molecule has 2 aromatic rings. The number of benzene rings is 2. The second-order valence-electron chi connectivity index (χ2n) is 4.77. The first-order valence-corrected chi connectivity index (χ1v) is 7.60. The first-order chi connectivity index (χ1) is 10.2. The first kappa shape index (κ1) is 14.2. The summed E-state index contributed by atoms with van der Waals surface area (Å²) in [7, 11) is 0. The van der Waals surface area contributed by atoms with Gasteiger partial charge in [0, 0.05) is 23.0 Å². The molecule has 0 aliphatic carbocycles. The third-order valence-electron chi connectivity index (χ3n) is 3.25. The normalized spacial score (nSPS) is 13.6. The van der Waals surface area contributed by atoms with Gasteiger partial charge in [-0.2, -0.15) is 0 Å². The molecule has 1 heterocycles. The van der Waals surface area contributed by atoms with E-state index in [0.29, 0.717) is 25.4 Å². The van der Waals surface area contributed by atoms with Gasteiger partial charge in [0.25, 0.3) is 0 Å². The monoisotopic (exact) mass is 351 g/mol. The van der Waals surface area contributed by atoms with Gasteiger partial charge in [-0.1, -0.05) is 12.1 Å². The molecule has 3 rings (SSSR count). The van der Waals surface area contributed by atoms with Crippen LogP contribution in [0.2, 0.25) is 0 Å². The Kier molecular flexibility index (Phi) is 4.29. The van der Waals surface area contributed by atoms with E-state index < -0.39 is 0 Å². The fourth-order valence-electron chi connectivity index (χ4n) is 2.22. The van der Waals surface area contributed by atoms with Crippen LogP contribution in [0.4, 0.5) is 10.1 Å². The van der Waals surface area contributed by atoms with Crippen LogP contribution in [0.5, 0.6) is 11.5 Å². The van der Waals surface area contributed by atoms with E-state index in [1.807, 2.05) is 18.2 Å². The average Bonchev–Trinajstić information content (AvgIpc) is 2.74. The molecule has 1 aliphatic heterocycles. The van der Waals surface area contributed by atoms with E-state index >= 15 is 0 Å². The summed E-state index contributed by atoms with van der Waals surface area (Å²) < 4.78 is 25.5. The summed E-state index contributed by atoms with van der Waals surface area (Å²) in [6.07, 6.45) is 0.872. The highest BCUT2D eigenvalue weighted by atomic mass is 79.9. The van der Waals surface area contributed by atoms with Crippen molar-refractivity contribution in [3.8, 4) is 11.5 Å². The summed E-state index contributed by atoms with van der Waals surface area (Å²) in [6, 6.07) is 10.4.